The fourth-order valence-electron chi connectivity index (χ4n) is 2.53. The molecule has 1 saturated heterocycles. The lowest BCUT2D eigenvalue weighted by Gasteiger charge is -2.19. The van der Waals surface area contributed by atoms with Crippen molar-refractivity contribution in [1.29, 1.82) is 0 Å². The van der Waals surface area contributed by atoms with Gasteiger partial charge in [0.2, 0.25) is 0 Å². The number of aryl methyl sites for hydroxylation is 1. The molecule has 2 unspecified atom stereocenters. The Morgan fingerprint density at radius 2 is 2.25 bits per heavy atom. The van der Waals surface area contributed by atoms with E-state index in [1.165, 1.54) is 11.4 Å². The number of aromatic nitrogens is 1. The number of fused-ring (bicyclic) bond motifs is 1. The Balaban J connectivity index is 1.85. The van der Waals surface area contributed by atoms with Crippen molar-refractivity contribution in [3.63, 3.8) is 0 Å². The largest absolute Gasteiger partial charge is 0.388 e. The Bertz CT molecular complexity index is 371. The van der Waals surface area contributed by atoms with E-state index < -0.39 is 0 Å². The Hall–Kier alpha value is -0.450. The van der Waals surface area contributed by atoms with E-state index in [2.05, 4.69) is 0 Å². The smallest absolute Gasteiger partial charge is 0.0986 e. The number of rotatable bonds is 1. The molecule has 3 rings (SSSR count). The minimum absolute atomic E-state index is 0.264. The van der Waals surface area contributed by atoms with Crippen LogP contribution >= 0.6 is 11.3 Å². The van der Waals surface area contributed by atoms with Gasteiger partial charge in [-0.2, -0.15) is 0 Å². The molecule has 0 bridgehead atoms. The van der Waals surface area contributed by atoms with Crippen LogP contribution in [-0.2, 0) is 11.2 Å². The normalized spacial score (nSPS) is 30.1. The first-order valence-electron chi connectivity index (χ1n) is 6.10. The monoisotopic (exact) mass is 239 g/mol. The molecule has 1 aromatic heterocycles. The van der Waals surface area contributed by atoms with Gasteiger partial charge < -0.3 is 9.84 Å². The SMILES string of the molecule is OC1CCCc2nc(C3CCCOC3)sc21. The average molecular weight is 239 g/mol. The quantitative estimate of drug-likeness (QED) is 0.818. The third-order valence-corrected chi connectivity index (χ3v) is 4.81. The Morgan fingerprint density at radius 3 is 3.00 bits per heavy atom. The molecule has 1 aromatic rings. The van der Waals surface area contributed by atoms with E-state index in [-0.39, 0.29) is 6.10 Å². The van der Waals surface area contributed by atoms with Gasteiger partial charge in [-0.3, -0.25) is 0 Å². The lowest BCUT2D eigenvalue weighted by atomic mass is 10.00. The predicted octanol–water partition coefficient (Wildman–Crippen LogP) is 2.41. The molecular weight excluding hydrogens is 222 g/mol. The van der Waals surface area contributed by atoms with Crippen molar-refractivity contribution in [3.8, 4) is 0 Å². The topological polar surface area (TPSA) is 42.4 Å². The summed E-state index contributed by atoms with van der Waals surface area (Å²) in [5.74, 6) is 0.469. The first-order chi connectivity index (χ1) is 7.84. The molecule has 1 N–H and O–H groups in total. The molecule has 3 nitrogen and oxygen atoms in total. The zero-order valence-corrected chi connectivity index (χ0v) is 10.1. The van der Waals surface area contributed by atoms with Crippen LogP contribution in [0.4, 0.5) is 0 Å². The van der Waals surface area contributed by atoms with E-state index >= 15 is 0 Å². The molecular formula is C12H17NO2S. The second kappa shape index (κ2) is 4.43. The Kier molecular flexibility index (Phi) is 2.96. The second-order valence-electron chi connectivity index (χ2n) is 4.69. The molecule has 0 amide bonds. The van der Waals surface area contributed by atoms with E-state index in [9.17, 15) is 5.11 Å². The molecule has 1 aliphatic heterocycles. The summed E-state index contributed by atoms with van der Waals surface area (Å²) in [5.41, 5.74) is 1.14. The second-order valence-corrected chi connectivity index (χ2v) is 5.75. The van der Waals surface area contributed by atoms with Crippen LogP contribution in [0.15, 0.2) is 0 Å². The van der Waals surface area contributed by atoms with E-state index in [4.69, 9.17) is 9.72 Å². The third kappa shape index (κ3) is 1.90. The summed E-state index contributed by atoms with van der Waals surface area (Å²) < 4.78 is 5.50. The highest BCUT2D eigenvalue weighted by molar-refractivity contribution is 7.11. The van der Waals surface area contributed by atoms with Gasteiger partial charge in [-0.25, -0.2) is 4.98 Å². The van der Waals surface area contributed by atoms with Crippen LogP contribution in [0.3, 0.4) is 0 Å². The highest BCUT2D eigenvalue weighted by atomic mass is 32.1. The predicted molar refractivity (Wildman–Crippen MR) is 62.8 cm³/mol. The Morgan fingerprint density at radius 1 is 1.31 bits per heavy atom. The van der Waals surface area contributed by atoms with E-state index in [1.54, 1.807) is 11.3 Å². The van der Waals surface area contributed by atoms with Crippen molar-refractivity contribution < 1.29 is 9.84 Å². The van der Waals surface area contributed by atoms with Crippen molar-refractivity contribution in [2.75, 3.05) is 13.2 Å². The van der Waals surface area contributed by atoms with Crippen LogP contribution < -0.4 is 0 Å². The lowest BCUT2D eigenvalue weighted by Crippen LogP contribution is -2.15. The van der Waals surface area contributed by atoms with Gasteiger partial charge in [0.1, 0.15) is 0 Å². The maximum atomic E-state index is 9.91. The van der Waals surface area contributed by atoms with Crippen molar-refractivity contribution in [1.82, 2.24) is 4.98 Å². The maximum Gasteiger partial charge on any atom is 0.0986 e. The van der Waals surface area contributed by atoms with Gasteiger partial charge in [0.25, 0.3) is 0 Å². The molecule has 4 heteroatoms. The van der Waals surface area contributed by atoms with Gasteiger partial charge in [0, 0.05) is 12.5 Å². The van der Waals surface area contributed by atoms with Gasteiger partial charge in [0.15, 0.2) is 0 Å². The number of nitrogens with zero attached hydrogens (tertiary/aromatic N) is 1. The van der Waals surface area contributed by atoms with Crippen LogP contribution in [0.1, 0.15) is 53.3 Å². The van der Waals surface area contributed by atoms with Crippen molar-refractivity contribution >= 4 is 11.3 Å². The number of aliphatic hydroxyl groups excluding tert-OH is 1. The number of ether oxygens (including phenoxy) is 1. The molecule has 0 saturated carbocycles. The lowest BCUT2D eigenvalue weighted by molar-refractivity contribution is 0.0803. The summed E-state index contributed by atoms with van der Waals surface area (Å²) in [4.78, 5) is 5.82. The number of hydrogen-bond acceptors (Lipinski definition) is 4. The number of aliphatic hydroxyl groups is 1. The zero-order valence-electron chi connectivity index (χ0n) is 9.32. The van der Waals surface area contributed by atoms with Gasteiger partial charge in [-0.1, -0.05) is 0 Å². The first-order valence-corrected chi connectivity index (χ1v) is 6.91. The fraction of sp³-hybridized carbons (Fsp3) is 0.750. The van der Waals surface area contributed by atoms with Crippen LogP contribution in [0, 0.1) is 0 Å². The third-order valence-electron chi connectivity index (χ3n) is 3.45. The summed E-state index contributed by atoms with van der Waals surface area (Å²) in [5, 5.41) is 11.1. The van der Waals surface area contributed by atoms with Gasteiger partial charge >= 0.3 is 0 Å². The average Bonchev–Trinajstić information content (AvgIpc) is 2.76. The molecule has 2 aliphatic rings. The summed E-state index contributed by atoms with van der Waals surface area (Å²) in [7, 11) is 0. The van der Waals surface area contributed by atoms with Gasteiger partial charge in [-0.15, -0.1) is 11.3 Å². The van der Waals surface area contributed by atoms with E-state index in [0.29, 0.717) is 5.92 Å². The molecule has 2 heterocycles. The highest BCUT2D eigenvalue weighted by Gasteiger charge is 2.26. The molecule has 0 aromatic carbocycles. The molecule has 88 valence electrons. The van der Waals surface area contributed by atoms with Crippen molar-refractivity contribution in [3.05, 3.63) is 15.6 Å². The van der Waals surface area contributed by atoms with Crippen LogP contribution in [-0.4, -0.2) is 23.3 Å². The van der Waals surface area contributed by atoms with E-state index in [0.717, 1.165) is 49.5 Å². The molecule has 0 radical (unpaired) electrons. The van der Waals surface area contributed by atoms with Gasteiger partial charge in [0.05, 0.1) is 28.3 Å². The zero-order chi connectivity index (χ0) is 11.0. The van der Waals surface area contributed by atoms with Crippen LogP contribution in [0.5, 0.6) is 0 Å². The number of hydrogen-bond donors (Lipinski definition) is 1. The standard InChI is InChI=1S/C12H17NO2S/c14-10-5-1-4-9-11(10)16-12(13-9)8-3-2-6-15-7-8/h8,10,14H,1-7H2. The molecule has 16 heavy (non-hydrogen) atoms. The first kappa shape index (κ1) is 10.7. The molecule has 0 spiro atoms. The molecule has 2 atom stereocenters. The van der Waals surface area contributed by atoms with Crippen LogP contribution in [0.25, 0.3) is 0 Å². The minimum Gasteiger partial charge on any atom is -0.388 e. The highest BCUT2D eigenvalue weighted by Crippen LogP contribution is 2.38. The maximum absolute atomic E-state index is 9.91. The summed E-state index contributed by atoms with van der Waals surface area (Å²) in [6, 6.07) is 0. The van der Waals surface area contributed by atoms with Crippen molar-refractivity contribution in [2.24, 2.45) is 0 Å². The molecule has 1 fully saturated rings. The summed E-state index contributed by atoms with van der Waals surface area (Å²) >= 11 is 1.71. The summed E-state index contributed by atoms with van der Waals surface area (Å²) in [6.45, 7) is 1.70. The summed E-state index contributed by atoms with van der Waals surface area (Å²) in [6.07, 6.45) is 5.06. The van der Waals surface area contributed by atoms with Gasteiger partial charge in [-0.05, 0) is 32.1 Å². The number of thiazole rings is 1. The Labute approximate surface area is 99.5 Å². The minimum atomic E-state index is -0.264. The fourth-order valence-corrected chi connectivity index (χ4v) is 3.78. The van der Waals surface area contributed by atoms with E-state index in [1.807, 2.05) is 0 Å². The van der Waals surface area contributed by atoms with Crippen molar-refractivity contribution in [2.45, 2.75) is 44.1 Å². The van der Waals surface area contributed by atoms with Crippen LogP contribution in [0.2, 0.25) is 0 Å². The molecule has 1 aliphatic carbocycles.